The normalized spacial score (nSPS) is 27.6. The van der Waals surface area contributed by atoms with Crippen LogP contribution in [0.4, 0.5) is 0 Å². The number of likely N-dealkylation sites (tertiary alicyclic amines) is 1. The summed E-state index contributed by atoms with van der Waals surface area (Å²) < 4.78 is 0. The Labute approximate surface area is 189 Å². The van der Waals surface area contributed by atoms with Crippen LogP contribution in [-0.4, -0.2) is 41.6 Å². The van der Waals surface area contributed by atoms with Gasteiger partial charge in [0.1, 0.15) is 0 Å². The number of amides is 1. The zero-order chi connectivity index (χ0) is 21.4. The van der Waals surface area contributed by atoms with Crippen molar-refractivity contribution in [3.05, 3.63) is 70.7 Å². The molecule has 5 heteroatoms. The van der Waals surface area contributed by atoms with Crippen molar-refractivity contribution in [3.63, 3.8) is 0 Å². The summed E-state index contributed by atoms with van der Waals surface area (Å²) in [6.07, 6.45) is 5.02. The number of fused-ring (bicyclic) bond motifs is 1. The number of halogens is 1. The van der Waals surface area contributed by atoms with Crippen molar-refractivity contribution < 1.29 is 9.90 Å². The molecular formula is C26H31ClN2O2. The van der Waals surface area contributed by atoms with Crippen LogP contribution in [0, 0.1) is 17.8 Å². The fraction of sp³-hybridized carbons (Fsp3) is 0.500. The maximum atomic E-state index is 13.4. The maximum absolute atomic E-state index is 13.4. The highest BCUT2D eigenvalue weighted by Crippen LogP contribution is 2.47. The van der Waals surface area contributed by atoms with Crippen molar-refractivity contribution in [3.8, 4) is 0 Å². The number of aliphatic hydroxyl groups is 1. The molecule has 0 spiro atoms. The first-order valence-electron chi connectivity index (χ1n) is 11.6. The minimum Gasteiger partial charge on any atom is -0.375 e. The Bertz CT molecular complexity index is 901. The average Bonchev–Trinajstić information content (AvgIpc) is 3.20. The molecule has 2 aliphatic carbocycles. The number of carbonyl (C=O) groups excluding carboxylic acids is 1. The van der Waals surface area contributed by atoms with Gasteiger partial charge in [-0.2, -0.15) is 0 Å². The second kappa shape index (κ2) is 8.57. The maximum Gasteiger partial charge on any atom is 0.257 e. The Hall–Kier alpha value is -1.88. The molecular weight excluding hydrogens is 408 g/mol. The summed E-state index contributed by atoms with van der Waals surface area (Å²) in [4.78, 5) is 15.9. The predicted molar refractivity (Wildman–Crippen MR) is 123 cm³/mol. The second-order valence-corrected chi connectivity index (χ2v) is 10.0. The lowest BCUT2D eigenvalue weighted by Crippen LogP contribution is -2.51. The Morgan fingerprint density at radius 3 is 2.32 bits per heavy atom. The summed E-state index contributed by atoms with van der Waals surface area (Å²) in [5.74, 6) is 0.831. The first kappa shape index (κ1) is 21.0. The summed E-state index contributed by atoms with van der Waals surface area (Å²) >= 11 is 5.97. The molecule has 1 saturated heterocycles. The molecule has 0 radical (unpaired) electrons. The lowest BCUT2D eigenvalue weighted by molar-refractivity contribution is -0.147. The number of piperidine rings is 1. The number of carbonyl (C=O) groups is 1. The molecule has 1 heterocycles. The molecule has 3 unspecified atom stereocenters. The largest absolute Gasteiger partial charge is 0.375 e. The SMILES string of the molecule is O=C(NC1C2CN(CCc3ccc(Cl)cc3)CC21)C(O)(c1ccccc1)C1CCCC1. The Balaban J connectivity index is 1.18. The van der Waals surface area contributed by atoms with Crippen LogP contribution < -0.4 is 5.32 Å². The van der Waals surface area contributed by atoms with Crippen molar-refractivity contribution in [2.45, 2.75) is 43.7 Å². The van der Waals surface area contributed by atoms with Crippen LogP contribution in [0.1, 0.15) is 36.8 Å². The zero-order valence-electron chi connectivity index (χ0n) is 17.8. The van der Waals surface area contributed by atoms with Gasteiger partial charge in [-0.3, -0.25) is 4.79 Å². The van der Waals surface area contributed by atoms with Crippen LogP contribution in [0.5, 0.6) is 0 Å². The molecule has 164 valence electrons. The summed E-state index contributed by atoms with van der Waals surface area (Å²) in [5, 5.41) is 15.7. The van der Waals surface area contributed by atoms with Gasteiger partial charge in [0.25, 0.3) is 5.91 Å². The molecule has 0 aromatic heterocycles. The van der Waals surface area contributed by atoms with Crippen LogP contribution in [-0.2, 0) is 16.8 Å². The van der Waals surface area contributed by atoms with E-state index in [9.17, 15) is 9.90 Å². The number of nitrogens with zero attached hydrogens (tertiary/aromatic N) is 1. The van der Waals surface area contributed by atoms with E-state index in [2.05, 4.69) is 22.3 Å². The molecule has 1 amide bonds. The van der Waals surface area contributed by atoms with E-state index in [1.54, 1.807) is 0 Å². The fourth-order valence-electron chi connectivity index (χ4n) is 5.80. The quantitative estimate of drug-likeness (QED) is 0.686. The van der Waals surface area contributed by atoms with E-state index < -0.39 is 5.60 Å². The van der Waals surface area contributed by atoms with Crippen LogP contribution in [0.15, 0.2) is 54.6 Å². The van der Waals surface area contributed by atoms with Crippen molar-refractivity contribution in [1.82, 2.24) is 10.2 Å². The molecule has 3 aliphatic rings. The molecule has 3 atom stereocenters. The smallest absolute Gasteiger partial charge is 0.257 e. The number of nitrogens with one attached hydrogen (secondary N) is 1. The number of rotatable bonds is 7. The zero-order valence-corrected chi connectivity index (χ0v) is 18.6. The Morgan fingerprint density at radius 1 is 1.03 bits per heavy atom. The number of hydrogen-bond donors (Lipinski definition) is 2. The van der Waals surface area contributed by atoms with Gasteiger partial charge in [0, 0.05) is 36.6 Å². The van der Waals surface area contributed by atoms with Crippen molar-refractivity contribution in [2.24, 2.45) is 17.8 Å². The van der Waals surface area contributed by atoms with E-state index in [4.69, 9.17) is 11.6 Å². The van der Waals surface area contributed by atoms with Crippen LogP contribution in [0.2, 0.25) is 5.02 Å². The highest BCUT2D eigenvalue weighted by atomic mass is 35.5. The lowest BCUT2D eigenvalue weighted by atomic mass is 9.79. The van der Waals surface area contributed by atoms with Crippen molar-refractivity contribution in [2.75, 3.05) is 19.6 Å². The summed E-state index contributed by atoms with van der Waals surface area (Å²) in [6.45, 7) is 3.08. The molecule has 2 saturated carbocycles. The number of benzene rings is 2. The molecule has 4 nitrogen and oxygen atoms in total. The van der Waals surface area contributed by atoms with Crippen molar-refractivity contribution in [1.29, 1.82) is 0 Å². The van der Waals surface area contributed by atoms with Gasteiger partial charge >= 0.3 is 0 Å². The Kier molecular flexibility index (Phi) is 5.80. The van der Waals surface area contributed by atoms with Gasteiger partial charge in [0.2, 0.25) is 0 Å². The lowest BCUT2D eigenvalue weighted by Gasteiger charge is -2.33. The van der Waals surface area contributed by atoms with Crippen LogP contribution >= 0.6 is 11.6 Å². The van der Waals surface area contributed by atoms with Gasteiger partial charge in [-0.1, -0.05) is 66.9 Å². The third-order valence-electron chi connectivity index (χ3n) is 7.70. The van der Waals surface area contributed by atoms with E-state index in [1.807, 2.05) is 42.5 Å². The third kappa shape index (κ3) is 4.13. The van der Waals surface area contributed by atoms with Gasteiger partial charge in [-0.15, -0.1) is 0 Å². The highest BCUT2D eigenvalue weighted by molar-refractivity contribution is 6.30. The highest BCUT2D eigenvalue weighted by Gasteiger charge is 2.58. The number of hydrogen-bond acceptors (Lipinski definition) is 3. The van der Waals surface area contributed by atoms with Gasteiger partial charge in [0.15, 0.2) is 5.60 Å². The van der Waals surface area contributed by atoms with Gasteiger partial charge in [-0.05, 0) is 54.4 Å². The molecule has 2 aromatic carbocycles. The van der Waals surface area contributed by atoms with E-state index in [0.717, 1.165) is 62.3 Å². The second-order valence-electron chi connectivity index (χ2n) is 9.58. The van der Waals surface area contributed by atoms with Crippen LogP contribution in [0.25, 0.3) is 0 Å². The van der Waals surface area contributed by atoms with E-state index in [1.165, 1.54) is 5.56 Å². The standard InChI is InChI=1S/C26H31ClN2O2/c27-21-12-10-18(11-13-21)14-15-29-16-22-23(17-29)24(22)28-25(30)26(31,20-8-4-5-9-20)19-6-2-1-3-7-19/h1-3,6-7,10-13,20,22-24,31H,4-5,8-9,14-17H2,(H,28,30). The molecule has 0 bridgehead atoms. The molecule has 1 aliphatic heterocycles. The van der Waals surface area contributed by atoms with Crippen LogP contribution in [0.3, 0.4) is 0 Å². The van der Waals surface area contributed by atoms with Gasteiger partial charge < -0.3 is 15.3 Å². The predicted octanol–water partition coefficient (Wildman–Crippen LogP) is 4.01. The van der Waals surface area contributed by atoms with Gasteiger partial charge in [-0.25, -0.2) is 0 Å². The first-order valence-corrected chi connectivity index (χ1v) is 12.0. The topological polar surface area (TPSA) is 52.6 Å². The monoisotopic (exact) mass is 438 g/mol. The fourth-order valence-corrected chi connectivity index (χ4v) is 5.92. The van der Waals surface area contributed by atoms with Gasteiger partial charge in [0.05, 0.1) is 0 Å². The summed E-state index contributed by atoms with van der Waals surface area (Å²) in [5.41, 5.74) is 0.622. The molecule has 3 fully saturated rings. The van der Waals surface area contributed by atoms with Crippen molar-refractivity contribution >= 4 is 17.5 Å². The molecule has 2 N–H and O–H groups in total. The Morgan fingerprint density at radius 2 is 1.68 bits per heavy atom. The average molecular weight is 439 g/mol. The summed E-state index contributed by atoms with van der Waals surface area (Å²) in [6, 6.07) is 17.8. The first-order chi connectivity index (χ1) is 15.1. The molecule has 2 aromatic rings. The van der Waals surface area contributed by atoms with E-state index >= 15 is 0 Å². The molecule has 31 heavy (non-hydrogen) atoms. The minimum absolute atomic E-state index is 0.00404. The summed E-state index contributed by atoms with van der Waals surface area (Å²) in [7, 11) is 0. The third-order valence-corrected chi connectivity index (χ3v) is 7.96. The molecule has 5 rings (SSSR count). The minimum atomic E-state index is -1.41. The van der Waals surface area contributed by atoms with E-state index in [0.29, 0.717) is 11.8 Å². The van der Waals surface area contributed by atoms with E-state index in [-0.39, 0.29) is 17.9 Å².